The van der Waals surface area contributed by atoms with Gasteiger partial charge >= 0.3 is 0 Å². The van der Waals surface area contributed by atoms with Crippen LogP contribution in [0.3, 0.4) is 0 Å². The van der Waals surface area contributed by atoms with Crippen LogP contribution < -0.4 is 10.3 Å². The molecule has 2 aromatic carbocycles. The normalized spacial score (nSPS) is 22.3. The van der Waals surface area contributed by atoms with Crippen LogP contribution in [0.1, 0.15) is 24.4 Å². The summed E-state index contributed by atoms with van der Waals surface area (Å²) in [6.07, 6.45) is 1.61. The van der Waals surface area contributed by atoms with Gasteiger partial charge < -0.3 is 10.1 Å². The molecule has 134 valence electrons. The summed E-state index contributed by atoms with van der Waals surface area (Å²) in [5.74, 6) is 0.340. The van der Waals surface area contributed by atoms with Crippen LogP contribution in [0.25, 0.3) is 0 Å². The van der Waals surface area contributed by atoms with E-state index in [2.05, 4.69) is 22.6 Å². The van der Waals surface area contributed by atoms with Crippen LogP contribution in [0.5, 0.6) is 0 Å². The molecule has 2 aliphatic rings. The van der Waals surface area contributed by atoms with E-state index in [9.17, 15) is 4.79 Å². The number of nitrogens with one attached hydrogen (secondary N) is 1. The number of benzene rings is 2. The number of para-hydroxylation sites is 1. The van der Waals surface area contributed by atoms with E-state index < -0.39 is 0 Å². The molecule has 1 N–H and O–H groups in total. The monoisotopic (exact) mass is 349 g/mol. The average Bonchev–Trinajstić information content (AvgIpc) is 3.37. The zero-order valence-electron chi connectivity index (χ0n) is 14.7. The maximum absolute atomic E-state index is 12.6. The minimum absolute atomic E-state index is 0.0363. The predicted molar refractivity (Wildman–Crippen MR) is 102 cm³/mol. The molecule has 0 bridgehead atoms. The molecule has 2 aromatic rings. The first-order valence-corrected chi connectivity index (χ1v) is 9.14. The summed E-state index contributed by atoms with van der Waals surface area (Å²) >= 11 is 0. The molecule has 0 unspecified atom stereocenters. The first-order chi connectivity index (χ1) is 12.8. The summed E-state index contributed by atoms with van der Waals surface area (Å²) in [6.45, 7) is 2.17. The van der Waals surface area contributed by atoms with Crippen LogP contribution in [0, 0.1) is 5.92 Å². The third-order valence-electron chi connectivity index (χ3n) is 4.95. The van der Waals surface area contributed by atoms with E-state index in [1.54, 1.807) is 0 Å². The van der Waals surface area contributed by atoms with Gasteiger partial charge in [-0.25, -0.2) is 0 Å². The van der Waals surface area contributed by atoms with Crippen molar-refractivity contribution in [3.05, 3.63) is 66.2 Å². The van der Waals surface area contributed by atoms with E-state index in [4.69, 9.17) is 4.74 Å². The smallest absolute Gasteiger partial charge is 0.267 e. The molecule has 0 aliphatic carbocycles. The predicted octanol–water partition coefficient (Wildman–Crippen LogP) is 3.15. The second kappa shape index (κ2) is 7.70. The molecule has 0 radical (unpaired) electrons. The van der Waals surface area contributed by atoms with Crippen molar-refractivity contribution in [3.63, 3.8) is 0 Å². The molecule has 1 amide bonds. The number of hydrogen-bond acceptors (Lipinski definition) is 4. The van der Waals surface area contributed by atoms with Crippen LogP contribution in [0.15, 0.2) is 65.8 Å². The molecular formula is C21H23N3O2. The summed E-state index contributed by atoms with van der Waals surface area (Å²) in [4.78, 5) is 12.6. The Kier molecular flexibility index (Phi) is 4.97. The Morgan fingerprint density at radius 3 is 2.54 bits per heavy atom. The number of ether oxygens (including phenoxy) is 1. The summed E-state index contributed by atoms with van der Waals surface area (Å²) in [5.41, 5.74) is 2.74. The van der Waals surface area contributed by atoms with Gasteiger partial charge in [0.25, 0.3) is 5.91 Å². The summed E-state index contributed by atoms with van der Waals surface area (Å²) < 4.78 is 5.37. The number of carbonyl (C=O) groups excluding carboxylic acids is 1. The second-order valence-corrected chi connectivity index (χ2v) is 6.80. The molecule has 5 heteroatoms. The third-order valence-corrected chi connectivity index (χ3v) is 4.95. The third kappa shape index (κ3) is 3.63. The topological polar surface area (TPSA) is 53.9 Å². The first-order valence-electron chi connectivity index (χ1n) is 9.14. The molecule has 2 atom stereocenters. The van der Waals surface area contributed by atoms with Gasteiger partial charge in [0.05, 0.1) is 18.3 Å². The fraction of sp³-hybridized carbons (Fsp3) is 0.333. The Bertz CT molecular complexity index is 770. The highest BCUT2D eigenvalue weighted by molar-refractivity contribution is 6.39. The maximum atomic E-state index is 12.6. The molecule has 26 heavy (non-hydrogen) atoms. The number of rotatable bonds is 5. The molecule has 0 aromatic heterocycles. The van der Waals surface area contributed by atoms with Crippen molar-refractivity contribution in [3.8, 4) is 0 Å². The number of anilines is 1. The van der Waals surface area contributed by atoms with Crippen LogP contribution in [0.4, 0.5) is 5.69 Å². The number of carbonyl (C=O) groups is 1. The molecule has 0 saturated carbocycles. The summed E-state index contributed by atoms with van der Waals surface area (Å²) in [7, 11) is 0. The lowest BCUT2D eigenvalue weighted by atomic mass is 10.0. The SMILES string of the molecule is O=C(NC[C@H]1CCOC1)C1=NN(c2ccccc2)[C@@H](c2ccccc2)C1. The Labute approximate surface area is 153 Å². The fourth-order valence-electron chi connectivity index (χ4n) is 3.48. The molecule has 1 fully saturated rings. The van der Waals surface area contributed by atoms with Crippen molar-refractivity contribution in [2.45, 2.75) is 18.9 Å². The molecule has 2 aliphatic heterocycles. The minimum Gasteiger partial charge on any atom is -0.381 e. The lowest BCUT2D eigenvalue weighted by molar-refractivity contribution is -0.115. The van der Waals surface area contributed by atoms with E-state index in [0.29, 0.717) is 24.6 Å². The molecule has 0 spiro atoms. The Balaban J connectivity index is 1.52. The highest BCUT2D eigenvalue weighted by atomic mass is 16.5. The van der Waals surface area contributed by atoms with Gasteiger partial charge in [0, 0.05) is 25.5 Å². The largest absolute Gasteiger partial charge is 0.381 e. The highest BCUT2D eigenvalue weighted by Crippen LogP contribution is 2.34. The van der Waals surface area contributed by atoms with Crippen LogP contribution in [-0.4, -0.2) is 31.4 Å². The van der Waals surface area contributed by atoms with Crippen molar-refractivity contribution in [2.24, 2.45) is 11.0 Å². The van der Waals surface area contributed by atoms with Crippen molar-refractivity contribution in [1.82, 2.24) is 5.32 Å². The van der Waals surface area contributed by atoms with Gasteiger partial charge in [0.1, 0.15) is 5.71 Å². The number of hydrogen-bond donors (Lipinski definition) is 1. The fourth-order valence-corrected chi connectivity index (χ4v) is 3.48. The van der Waals surface area contributed by atoms with Gasteiger partial charge in [-0.2, -0.15) is 5.10 Å². The first kappa shape index (κ1) is 16.8. The molecular weight excluding hydrogens is 326 g/mol. The van der Waals surface area contributed by atoms with E-state index >= 15 is 0 Å². The maximum Gasteiger partial charge on any atom is 0.267 e. The van der Waals surface area contributed by atoms with E-state index in [1.165, 1.54) is 0 Å². The quantitative estimate of drug-likeness (QED) is 0.902. The van der Waals surface area contributed by atoms with Crippen molar-refractivity contribution >= 4 is 17.3 Å². The van der Waals surface area contributed by atoms with E-state index in [-0.39, 0.29) is 11.9 Å². The van der Waals surface area contributed by atoms with Crippen molar-refractivity contribution in [1.29, 1.82) is 0 Å². The summed E-state index contributed by atoms with van der Waals surface area (Å²) in [6, 6.07) is 20.3. The van der Waals surface area contributed by atoms with Gasteiger partial charge in [-0.3, -0.25) is 9.80 Å². The number of nitrogens with zero attached hydrogens (tertiary/aromatic N) is 2. The van der Waals surface area contributed by atoms with Crippen LogP contribution in [0.2, 0.25) is 0 Å². The average molecular weight is 349 g/mol. The van der Waals surface area contributed by atoms with Gasteiger partial charge in [-0.15, -0.1) is 0 Å². The standard InChI is InChI=1S/C21H23N3O2/c25-21(22-14-16-11-12-26-15-16)19-13-20(17-7-3-1-4-8-17)24(23-19)18-9-5-2-6-10-18/h1-10,16,20H,11-15H2,(H,22,25)/t16-,20-/m1/s1. The lowest BCUT2D eigenvalue weighted by Crippen LogP contribution is -2.34. The second-order valence-electron chi connectivity index (χ2n) is 6.80. The zero-order chi connectivity index (χ0) is 17.8. The summed E-state index contributed by atoms with van der Waals surface area (Å²) in [5, 5.41) is 9.66. The van der Waals surface area contributed by atoms with Gasteiger partial charge in [0.15, 0.2) is 0 Å². The number of hydrazone groups is 1. The van der Waals surface area contributed by atoms with Gasteiger partial charge in [-0.05, 0) is 24.1 Å². The molecule has 5 nitrogen and oxygen atoms in total. The number of amides is 1. The lowest BCUT2D eigenvalue weighted by Gasteiger charge is -2.23. The van der Waals surface area contributed by atoms with E-state index in [0.717, 1.165) is 30.9 Å². The minimum atomic E-state index is -0.0729. The zero-order valence-corrected chi connectivity index (χ0v) is 14.7. The van der Waals surface area contributed by atoms with Crippen LogP contribution >= 0.6 is 0 Å². The van der Waals surface area contributed by atoms with Crippen molar-refractivity contribution in [2.75, 3.05) is 24.8 Å². The van der Waals surface area contributed by atoms with E-state index in [1.807, 2.05) is 53.5 Å². The van der Waals surface area contributed by atoms with Crippen molar-refractivity contribution < 1.29 is 9.53 Å². The van der Waals surface area contributed by atoms with Gasteiger partial charge in [-0.1, -0.05) is 48.5 Å². The Hall–Kier alpha value is -2.66. The van der Waals surface area contributed by atoms with Gasteiger partial charge in [0.2, 0.25) is 0 Å². The molecule has 1 saturated heterocycles. The highest BCUT2D eigenvalue weighted by Gasteiger charge is 2.32. The Morgan fingerprint density at radius 1 is 1.12 bits per heavy atom. The Morgan fingerprint density at radius 2 is 1.85 bits per heavy atom. The van der Waals surface area contributed by atoms with Crippen LogP contribution in [-0.2, 0) is 9.53 Å². The molecule has 4 rings (SSSR count). The molecule has 2 heterocycles.